The highest BCUT2D eigenvalue weighted by atomic mass is 16.5. The van der Waals surface area contributed by atoms with Crippen LogP contribution in [0.3, 0.4) is 0 Å². The molecule has 0 aromatic heterocycles. The first kappa shape index (κ1) is 14.5. The summed E-state index contributed by atoms with van der Waals surface area (Å²) in [4.78, 5) is 4.54. The maximum absolute atomic E-state index is 5.00. The molecule has 0 spiro atoms. The first-order valence-electron chi connectivity index (χ1n) is 6.33. The van der Waals surface area contributed by atoms with Crippen molar-refractivity contribution in [1.29, 1.82) is 0 Å². The van der Waals surface area contributed by atoms with Crippen molar-refractivity contribution in [2.75, 3.05) is 26.8 Å². The van der Waals surface area contributed by atoms with Gasteiger partial charge in [-0.1, -0.05) is 29.8 Å². The van der Waals surface area contributed by atoms with Gasteiger partial charge in [0.2, 0.25) is 0 Å². The molecule has 4 nitrogen and oxygen atoms in total. The number of rotatable bonds is 6. The van der Waals surface area contributed by atoms with Crippen LogP contribution >= 0.6 is 0 Å². The number of ether oxygens (including phenoxy) is 1. The van der Waals surface area contributed by atoms with Gasteiger partial charge in [0, 0.05) is 20.2 Å². The summed E-state index contributed by atoms with van der Waals surface area (Å²) in [5, 5.41) is 6.43. The zero-order valence-electron chi connectivity index (χ0n) is 11.5. The first-order valence-corrected chi connectivity index (χ1v) is 6.33. The van der Waals surface area contributed by atoms with Crippen LogP contribution < -0.4 is 10.6 Å². The molecule has 0 aliphatic rings. The fraction of sp³-hybridized carbons (Fsp3) is 0.500. The molecular weight excluding hydrogens is 226 g/mol. The first-order chi connectivity index (χ1) is 8.76. The lowest BCUT2D eigenvalue weighted by Gasteiger charge is -2.10. The SMILES string of the molecule is CCNC(=NCc1cccc(C)c1)NCCOC. The van der Waals surface area contributed by atoms with Crippen LogP contribution in [0.4, 0.5) is 0 Å². The molecule has 0 amide bonds. The van der Waals surface area contributed by atoms with Crippen LogP contribution in [0.15, 0.2) is 29.3 Å². The standard InChI is InChI=1S/C14H23N3O/c1-4-15-14(16-8-9-18-3)17-11-13-7-5-6-12(2)10-13/h5-7,10H,4,8-9,11H2,1-3H3,(H2,15,16,17). The molecule has 1 rings (SSSR count). The van der Waals surface area contributed by atoms with E-state index < -0.39 is 0 Å². The van der Waals surface area contributed by atoms with Gasteiger partial charge in [0.15, 0.2) is 5.96 Å². The van der Waals surface area contributed by atoms with E-state index in [1.165, 1.54) is 11.1 Å². The molecule has 0 bridgehead atoms. The van der Waals surface area contributed by atoms with Gasteiger partial charge < -0.3 is 15.4 Å². The number of hydrogen-bond donors (Lipinski definition) is 2. The van der Waals surface area contributed by atoms with Gasteiger partial charge >= 0.3 is 0 Å². The molecule has 2 N–H and O–H groups in total. The Balaban J connectivity index is 2.53. The second kappa shape index (κ2) is 8.53. The van der Waals surface area contributed by atoms with Crippen LogP contribution in [0.25, 0.3) is 0 Å². The minimum absolute atomic E-state index is 0.675. The quantitative estimate of drug-likeness (QED) is 0.458. The Morgan fingerprint density at radius 2 is 2.17 bits per heavy atom. The monoisotopic (exact) mass is 249 g/mol. The summed E-state index contributed by atoms with van der Waals surface area (Å²) < 4.78 is 5.00. The summed E-state index contributed by atoms with van der Waals surface area (Å²) in [5.41, 5.74) is 2.49. The van der Waals surface area contributed by atoms with Crippen molar-refractivity contribution in [3.05, 3.63) is 35.4 Å². The number of aryl methyl sites for hydroxylation is 1. The van der Waals surface area contributed by atoms with Gasteiger partial charge in [-0.3, -0.25) is 0 Å². The van der Waals surface area contributed by atoms with E-state index in [0.717, 1.165) is 19.0 Å². The Morgan fingerprint density at radius 3 is 2.83 bits per heavy atom. The third kappa shape index (κ3) is 5.68. The molecule has 0 saturated carbocycles. The van der Waals surface area contributed by atoms with Crippen LogP contribution in [0.2, 0.25) is 0 Å². The maximum atomic E-state index is 5.00. The van der Waals surface area contributed by atoms with Crippen molar-refractivity contribution >= 4 is 5.96 Å². The van der Waals surface area contributed by atoms with Crippen LogP contribution in [0, 0.1) is 6.92 Å². The Hall–Kier alpha value is -1.55. The summed E-state index contributed by atoms with van der Waals surface area (Å²) in [5.74, 6) is 0.830. The van der Waals surface area contributed by atoms with E-state index >= 15 is 0 Å². The van der Waals surface area contributed by atoms with Crippen molar-refractivity contribution < 1.29 is 4.74 Å². The zero-order chi connectivity index (χ0) is 13.2. The predicted molar refractivity (Wildman–Crippen MR) is 75.9 cm³/mol. The molecular formula is C14H23N3O. The number of nitrogens with zero attached hydrogens (tertiary/aromatic N) is 1. The predicted octanol–water partition coefficient (Wildman–Crippen LogP) is 1.70. The maximum Gasteiger partial charge on any atom is 0.191 e. The normalized spacial score (nSPS) is 11.4. The van der Waals surface area contributed by atoms with Crippen molar-refractivity contribution in [2.24, 2.45) is 4.99 Å². The average Bonchev–Trinajstić information content (AvgIpc) is 2.36. The number of guanidine groups is 1. The smallest absolute Gasteiger partial charge is 0.191 e. The molecule has 4 heteroatoms. The van der Waals surface area contributed by atoms with Gasteiger partial charge in [-0.2, -0.15) is 0 Å². The molecule has 0 heterocycles. The summed E-state index contributed by atoms with van der Waals surface area (Å²) in [7, 11) is 1.69. The molecule has 0 aliphatic carbocycles. The fourth-order valence-electron chi connectivity index (χ4n) is 1.59. The molecule has 0 radical (unpaired) electrons. The fourth-order valence-corrected chi connectivity index (χ4v) is 1.59. The zero-order valence-corrected chi connectivity index (χ0v) is 11.5. The van der Waals surface area contributed by atoms with Crippen molar-refractivity contribution in [2.45, 2.75) is 20.4 Å². The molecule has 0 atom stereocenters. The molecule has 0 saturated heterocycles. The van der Waals surface area contributed by atoms with E-state index in [1.54, 1.807) is 7.11 Å². The summed E-state index contributed by atoms with van der Waals surface area (Å²) in [6.45, 7) is 7.12. The highest BCUT2D eigenvalue weighted by Crippen LogP contribution is 2.04. The molecule has 0 fully saturated rings. The van der Waals surface area contributed by atoms with Gasteiger partial charge in [0.05, 0.1) is 13.2 Å². The second-order valence-electron chi connectivity index (χ2n) is 4.10. The number of methoxy groups -OCH3 is 1. The lowest BCUT2D eigenvalue weighted by molar-refractivity contribution is 0.203. The Kier molecular flexibility index (Phi) is 6.87. The number of benzene rings is 1. The highest BCUT2D eigenvalue weighted by molar-refractivity contribution is 5.79. The van der Waals surface area contributed by atoms with Crippen LogP contribution in [0.5, 0.6) is 0 Å². The lowest BCUT2D eigenvalue weighted by Crippen LogP contribution is -2.38. The summed E-state index contributed by atoms with van der Waals surface area (Å²) >= 11 is 0. The van der Waals surface area contributed by atoms with E-state index in [4.69, 9.17) is 4.74 Å². The second-order valence-corrected chi connectivity index (χ2v) is 4.10. The van der Waals surface area contributed by atoms with E-state index in [9.17, 15) is 0 Å². The highest BCUT2D eigenvalue weighted by Gasteiger charge is 1.97. The van der Waals surface area contributed by atoms with Gasteiger partial charge in [-0.05, 0) is 19.4 Å². The van der Waals surface area contributed by atoms with Crippen LogP contribution in [0.1, 0.15) is 18.1 Å². The van der Waals surface area contributed by atoms with Crippen molar-refractivity contribution in [1.82, 2.24) is 10.6 Å². The Morgan fingerprint density at radius 1 is 1.33 bits per heavy atom. The summed E-state index contributed by atoms with van der Waals surface area (Å²) in [6, 6.07) is 8.40. The third-order valence-electron chi connectivity index (χ3n) is 2.45. The molecule has 1 aromatic carbocycles. The topological polar surface area (TPSA) is 45.7 Å². The number of hydrogen-bond acceptors (Lipinski definition) is 2. The molecule has 18 heavy (non-hydrogen) atoms. The average molecular weight is 249 g/mol. The lowest BCUT2D eigenvalue weighted by atomic mass is 10.1. The Labute approximate surface area is 109 Å². The molecule has 100 valence electrons. The minimum atomic E-state index is 0.675. The van der Waals surface area contributed by atoms with Crippen molar-refractivity contribution in [3.8, 4) is 0 Å². The molecule has 0 aliphatic heterocycles. The van der Waals surface area contributed by atoms with Crippen LogP contribution in [-0.2, 0) is 11.3 Å². The molecule has 0 unspecified atom stereocenters. The van der Waals surface area contributed by atoms with E-state index in [-0.39, 0.29) is 0 Å². The van der Waals surface area contributed by atoms with E-state index in [2.05, 4.69) is 53.7 Å². The van der Waals surface area contributed by atoms with Crippen molar-refractivity contribution in [3.63, 3.8) is 0 Å². The van der Waals surface area contributed by atoms with E-state index in [0.29, 0.717) is 13.2 Å². The minimum Gasteiger partial charge on any atom is -0.383 e. The third-order valence-corrected chi connectivity index (χ3v) is 2.45. The summed E-state index contributed by atoms with van der Waals surface area (Å²) in [6.07, 6.45) is 0. The molecule has 1 aromatic rings. The van der Waals surface area contributed by atoms with E-state index in [1.807, 2.05) is 0 Å². The van der Waals surface area contributed by atoms with Gasteiger partial charge in [0.25, 0.3) is 0 Å². The number of nitrogens with one attached hydrogen (secondary N) is 2. The van der Waals surface area contributed by atoms with Gasteiger partial charge in [-0.15, -0.1) is 0 Å². The van der Waals surface area contributed by atoms with Gasteiger partial charge in [0.1, 0.15) is 0 Å². The largest absolute Gasteiger partial charge is 0.383 e. The van der Waals surface area contributed by atoms with Crippen LogP contribution in [-0.4, -0.2) is 32.8 Å². The Bertz CT molecular complexity index is 377. The van der Waals surface area contributed by atoms with Gasteiger partial charge in [-0.25, -0.2) is 4.99 Å². The number of aliphatic imine (C=N–C) groups is 1.